The van der Waals surface area contributed by atoms with Gasteiger partial charge in [-0.15, -0.1) is 11.8 Å². The van der Waals surface area contributed by atoms with E-state index in [0.717, 1.165) is 22.3 Å². The quantitative estimate of drug-likeness (QED) is 0.359. The smallest absolute Gasteiger partial charge is 0.407 e. The van der Waals surface area contributed by atoms with E-state index >= 15 is 0 Å². The molecule has 0 aliphatic heterocycles. The number of fused-ring (bicyclic) bond motifs is 3. The fourth-order valence-corrected chi connectivity index (χ4v) is 4.70. The molecule has 0 radical (unpaired) electrons. The van der Waals surface area contributed by atoms with Gasteiger partial charge in [-0.1, -0.05) is 48.5 Å². The maximum absolute atomic E-state index is 12.7. The number of carboxylic acid groups (broad SMARTS) is 1. The minimum Gasteiger partial charge on any atom is -0.481 e. The van der Waals surface area contributed by atoms with Crippen molar-refractivity contribution in [1.82, 2.24) is 10.6 Å². The van der Waals surface area contributed by atoms with E-state index in [1.165, 1.54) is 11.8 Å². The first kappa shape index (κ1) is 26.1. The molecule has 0 aromatic heterocycles. The predicted octanol–water partition coefficient (Wildman–Crippen LogP) is 3.91. The minimum atomic E-state index is -0.909. The molecule has 0 saturated heterocycles. The Morgan fingerprint density at radius 2 is 1.71 bits per heavy atom. The van der Waals surface area contributed by atoms with Crippen molar-refractivity contribution in [2.24, 2.45) is 0 Å². The molecule has 35 heavy (non-hydrogen) atoms. The molecule has 9 heteroatoms. The third-order valence-corrected chi connectivity index (χ3v) is 6.70. The van der Waals surface area contributed by atoms with E-state index in [9.17, 15) is 14.4 Å². The number of hydrogen-bond acceptors (Lipinski definition) is 6. The molecule has 184 valence electrons. The van der Waals surface area contributed by atoms with E-state index in [1.54, 1.807) is 0 Å². The molecule has 3 rings (SSSR count). The number of rotatable bonds is 13. The van der Waals surface area contributed by atoms with Crippen molar-refractivity contribution in [3.05, 3.63) is 59.7 Å². The van der Waals surface area contributed by atoms with Crippen LogP contribution in [0, 0.1) is 11.3 Å². The van der Waals surface area contributed by atoms with E-state index in [0.29, 0.717) is 31.4 Å². The van der Waals surface area contributed by atoms with Gasteiger partial charge in [-0.3, -0.25) is 9.59 Å². The lowest BCUT2D eigenvalue weighted by Gasteiger charge is -2.19. The van der Waals surface area contributed by atoms with E-state index in [1.807, 2.05) is 36.4 Å². The Labute approximate surface area is 209 Å². The van der Waals surface area contributed by atoms with Crippen LogP contribution in [0.4, 0.5) is 4.79 Å². The highest BCUT2D eigenvalue weighted by Gasteiger charge is 2.29. The van der Waals surface area contributed by atoms with Crippen LogP contribution in [0.1, 0.15) is 42.7 Å². The van der Waals surface area contributed by atoms with Gasteiger partial charge < -0.3 is 20.5 Å². The molecule has 1 aliphatic carbocycles. The number of nitrogens with zero attached hydrogens (tertiary/aromatic N) is 1. The highest BCUT2D eigenvalue weighted by Crippen LogP contribution is 2.44. The summed E-state index contributed by atoms with van der Waals surface area (Å²) >= 11 is 1.20. The molecular weight excluding hydrogens is 466 g/mol. The number of unbranched alkanes of at least 4 members (excludes halogenated alkanes) is 2. The van der Waals surface area contributed by atoms with Crippen LogP contribution in [-0.4, -0.2) is 53.8 Å². The second-order valence-corrected chi connectivity index (χ2v) is 9.27. The summed E-state index contributed by atoms with van der Waals surface area (Å²) in [5.74, 6) is -0.933. The van der Waals surface area contributed by atoms with E-state index in [4.69, 9.17) is 15.1 Å². The second-order valence-electron chi connectivity index (χ2n) is 8.16. The number of amides is 2. The molecule has 0 fully saturated rings. The Morgan fingerprint density at radius 1 is 1.06 bits per heavy atom. The summed E-state index contributed by atoms with van der Waals surface area (Å²) in [6.07, 6.45) is 1.31. The zero-order valence-corrected chi connectivity index (χ0v) is 20.2. The number of alkyl carbamates (subject to hydrolysis) is 1. The van der Waals surface area contributed by atoms with Crippen molar-refractivity contribution < 1.29 is 24.2 Å². The first-order chi connectivity index (χ1) is 17.0. The van der Waals surface area contributed by atoms with Crippen molar-refractivity contribution in [2.75, 3.05) is 24.7 Å². The molecule has 1 atom stereocenters. The van der Waals surface area contributed by atoms with Gasteiger partial charge in [0.15, 0.2) is 0 Å². The molecular formula is C26H29N3O5S. The zero-order valence-electron chi connectivity index (χ0n) is 19.4. The number of aliphatic carboxylic acids is 1. The van der Waals surface area contributed by atoms with Gasteiger partial charge in [0.1, 0.15) is 12.6 Å². The highest BCUT2D eigenvalue weighted by molar-refractivity contribution is 7.99. The molecule has 1 unspecified atom stereocenters. The molecule has 2 amide bonds. The molecule has 1 aliphatic rings. The Balaban J connectivity index is 1.56. The van der Waals surface area contributed by atoms with Crippen molar-refractivity contribution in [3.63, 3.8) is 0 Å². The summed E-state index contributed by atoms with van der Waals surface area (Å²) in [5, 5.41) is 22.8. The van der Waals surface area contributed by atoms with Gasteiger partial charge in [-0.05, 0) is 41.5 Å². The number of carboxylic acids is 1. The van der Waals surface area contributed by atoms with Crippen LogP contribution in [0.5, 0.6) is 0 Å². The second kappa shape index (κ2) is 13.4. The summed E-state index contributed by atoms with van der Waals surface area (Å²) in [6, 6.07) is 17.4. The lowest BCUT2D eigenvalue weighted by molar-refractivity contribution is -0.133. The summed E-state index contributed by atoms with van der Waals surface area (Å²) in [6.45, 7) is 0.437. The van der Waals surface area contributed by atoms with Crippen LogP contribution in [0.25, 0.3) is 11.1 Å². The summed E-state index contributed by atoms with van der Waals surface area (Å²) in [5.41, 5.74) is 4.47. The average molecular weight is 496 g/mol. The first-order valence-corrected chi connectivity index (χ1v) is 12.7. The summed E-state index contributed by atoms with van der Waals surface area (Å²) in [4.78, 5) is 35.9. The topological polar surface area (TPSA) is 129 Å². The van der Waals surface area contributed by atoms with Gasteiger partial charge in [0.05, 0.1) is 11.8 Å². The van der Waals surface area contributed by atoms with Crippen LogP contribution in [0.15, 0.2) is 48.5 Å². The predicted molar refractivity (Wildman–Crippen MR) is 134 cm³/mol. The molecule has 2 aromatic carbocycles. The summed E-state index contributed by atoms with van der Waals surface area (Å²) < 4.78 is 5.57. The van der Waals surface area contributed by atoms with Gasteiger partial charge in [0, 0.05) is 24.6 Å². The average Bonchev–Trinajstić information content (AvgIpc) is 3.18. The fraction of sp³-hybridized carbons (Fsp3) is 0.385. The molecule has 2 aromatic rings. The van der Waals surface area contributed by atoms with Crippen LogP contribution < -0.4 is 10.6 Å². The van der Waals surface area contributed by atoms with Crippen molar-refractivity contribution in [1.29, 1.82) is 5.26 Å². The Hall–Kier alpha value is -3.51. The van der Waals surface area contributed by atoms with Gasteiger partial charge in [0.2, 0.25) is 5.91 Å². The molecule has 0 bridgehead atoms. The maximum Gasteiger partial charge on any atom is 0.407 e. The van der Waals surface area contributed by atoms with Crippen LogP contribution in [-0.2, 0) is 14.3 Å². The highest BCUT2D eigenvalue weighted by atomic mass is 32.2. The van der Waals surface area contributed by atoms with E-state index in [-0.39, 0.29) is 30.7 Å². The minimum absolute atomic E-state index is 0.0363. The lowest BCUT2D eigenvalue weighted by Crippen LogP contribution is -2.47. The Morgan fingerprint density at radius 3 is 2.34 bits per heavy atom. The van der Waals surface area contributed by atoms with Crippen LogP contribution >= 0.6 is 11.8 Å². The molecule has 0 saturated carbocycles. The SMILES string of the molecule is N#CCCCCC(NC(=O)OCC1c2ccccc2-c2ccccc21)C(=O)NCCSCC(=O)O. The largest absolute Gasteiger partial charge is 0.481 e. The number of hydrogen-bond donors (Lipinski definition) is 3. The molecule has 0 spiro atoms. The van der Waals surface area contributed by atoms with Crippen molar-refractivity contribution in [2.45, 2.75) is 37.6 Å². The first-order valence-electron chi connectivity index (χ1n) is 11.6. The number of carbonyl (C=O) groups excluding carboxylic acids is 2. The standard InChI is InChI=1S/C26H29N3O5S/c27-13-7-1-2-12-23(25(32)28-14-15-35-17-24(30)31)29-26(33)34-16-22-20-10-5-3-8-18(20)19-9-4-6-11-21(19)22/h3-6,8-11,22-23H,1-2,7,12,14-17H2,(H,28,32)(H,29,33)(H,30,31). The number of nitriles is 1. The number of thioether (sulfide) groups is 1. The maximum atomic E-state index is 12.7. The summed E-state index contributed by atoms with van der Waals surface area (Å²) in [7, 11) is 0. The fourth-order valence-electron chi connectivity index (χ4n) is 4.13. The molecule has 3 N–H and O–H groups in total. The van der Waals surface area contributed by atoms with E-state index in [2.05, 4.69) is 28.8 Å². The van der Waals surface area contributed by atoms with Crippen molar-refractivity contribution >= 4 is 29.7 Å². The Bertz CT molecular complexity index is 1040. The van der Waals surface area contributed by atoms with Crippen molar-refractivity contribution in [3.8, 4) is 17.2 Å². The zero-order chi connectivity index (χ0) is 25.0. The van der Waals surface area contributed by atoms with E-state index < -0.39 is 18.1 Å². The normalized spacial score (nSPS) is 12.7. The molecule has 8 nitrogen and oxygen atoms in total. The lowest BCUT2D eigenvalue weighted by atomic mass is 9.98. The number of benzene rings is 2. The van der Waals surface area contributed by atoms with Gasteiger partial charge in [0.25, 0.3) is 0 Å². The number of nitrogens with one attached hydrogen (secondary N) is 2. The van der Waals surface area contributed by atoms with Gasteiger partial charge in [-0.25, -0.2) is 4.79 Å². The number of carbonyl (C=O) groups is 3. The van der Waals surface area contributed by atoms with Crippen LogP contribution in [0.2, 0.25) is 0 Å². The Kier molecular flexibility index (Phi) is 9.99. The number of ether oxygens (including phenoxy) is 1. The van der Waals surface area contributed by atoms with Crippen LogP contribution in [0.3, 0.4) is 0 Å². The van der Waals surface area contributed by atoms with Gasteiger partial charge in [-0.2, -0.15) is 5.26 Å². The van der Waals surface area contributed by atoms with Gasteiger partial charge >= 0.3 is 12.1 Å². The third kappa shape index (κ3) is 7.49. The third-order valence-electron chi connectivity index (χ3n) is 5.75. The monoisotopic (exact) mass is 495 g/mol. The molecule has 0 heterocycles.